The van der Waals surface area contributed by atoms with Gasteiger partial charge in [0.1, 0.15) is 11.4 Å². The third-order valence-electron chi connectivity index (χ3n) is 7.30. The van der Waals surface area contributed by atoms with Gasteiger partial charge in [-0.05, 0) is 43.2 Å². The maximum Gasteiger partial charge on any atom is 0.354 e. The molecule has 1 fully saturated rings. The Morgan fingerprint density at radius 2 is 1.94 bits per heavy atom. The molecule has 176 valence electrons. The zero-order chi connectivity index (χ0) is 22.7. The van der Waals surface area contributed by atoms with Crippen molar-refractivity contribution < 1.29 is 19.4 Å². The van der Waals surface area contributed by atoms with Crippen molar-refractivity contribution in [1.82, 2.24) is 10.2 Å². The van der Waals surface area contributed by atoms with Crippen molar-refractivity contribution in [3.05, 3.63) is 34.1 Å². The molecule has 0 radical (unpaired) electrons. The van der Waals surface area contributed by atoms with E-state index in [1.54, 1.807) is 6.07 Å². The first-order chi connectivity index (χ1) is 15.5. The van der Waals surface area contributed by atoms with Gasteiger partial charge in [-0.1, -0.05) is 64.0 Å². The normalized spacial score (nSPS) is 23.0. The van der Waals surface area contributed by atoms with Gasteiger partial charge >= 0.3 is 5.97 Å². The molecule has 0 bridgehead atoms. The number of nitrogens with zero attached hydrogens (tertiary/aromatic N) is 1. The fourth-order valence-corrected chi connectivity index (χ4v) is 5.80. The highest BCUT2D eigenvalue weighted by molar-refractivity contribution is 6.31. The van der Waals surface area contributed by atoms with Crippen LogP contribution in [-0.4, -0.2) is 28.4 Å². The minimum absolute atomic E-state index is 0.181. The highest BCUT2D eigenvalue weighted by atomic mass is 35.5. The summed E-state index contributed by atoms with van der Waals surface area (Å²) in [5.41, 5.74) is 1.68. The van der Waals surface area contributed by atoms with Crippen molar-refractivity contribution >= 4 is 17.6 Å². The highest BCUT2D eigenvalue weighted by Crippen LogP contribution is 2.42. The van der Waals surface area contributed by atoms with Gasteiger partial charge in [-0.3, -0.25) is 0 Å². The lowest BCUT2D eigenvalue weighted by molar-refractivity contribution is -0.135. The van der Waals surface area contributed by atoms with Crippen molar-refractivity contribution in [2.45, 2.75) is 90.3 Å². The molecule has 7 heteroatoms. The van der Waals surface area contributed by atoms with E-state index in [0.29, 0.717) is 34.7 Å². The lowest BCUT2D eigenvalue weighted by Gasteiger charge is -2.40. The van der Waals surface area contributed by atoms with Crippen LogP contribution in [0.25, 0.3) is 0 Å². The van der Waals surface area contributed by atoms with E-state index in [0.717, 1.165) is 43.4 Å². The Morgan fingerprint density at radius 3 is 2.59 bits per heavy atom. The summed E-state index contributed by atoms with van der Waals surface area (Å²) in [7, 11) is 0. The Morgan fingerprint density at radius 1 is 1.22 bits per heavy atom. The molecule has 1 saturated carbocycles. The van der Waals surface area contributed by atoms with E-state index in [1.165, 1.54) is 32.1 Å². The standard InChI is InChI=1S/C25H35ClN2O4/c1-3-12-25(4-2)27-20(11-10-17-8-6-5-7-9-17)23(24(29)30)28(25)15-18-13-21-22(14-19(18)26)32-16-31-21/h13-14,17,27H,3-12,15-16H2,1-2H3,(H,29,30). The molecule has 2 aliphatic heterocycles. The molecule has 0 aromatic heterocycles. The largest absolute Gasteiger partial charge is 0.477 e. The molecule has 1 unspecified atom stereocenters. The van der Waals surface area contributed by atoms with Crippen LogP contribution in [-0.2, 0) is 11.3 Å². The third-order valence-corrected chi connectivity index (χ3v) is 7.66. The van der Waals surface area contributed by atoms with Crippen LogP contribution in [0.15, 0.2) is 23.5 Å². The van der Waals surface area contributed by atoms with E-state index in [2.05, 4.69) is 19.2 Å². The number of carboxylic acid groups (broad SMARTS) is 1. The van der Waals surface area contributed by atoms with Crippen molar-refractivity contribution in [3.8, 4) is 11.5 Å². The number of fused-ring (bicyclic) bond motifs is 1. The molecular formula is C25H35ClN2O4. The minimum Gasteiger partial charge on any atom is -0.477 e. The molecule has 1 aliphatic carbocycles. The molecule has 2 heterocycles. The second-order valence-electron chi connectivity index (χ2n) is 9.32. The summed E-state index contributed by atoms with van der Waals surface area (Å²) >= 11 is 6.58. The highest BCUT2D eigenvalue weighted by Gasteiger charge is 2.45. The van der Waals surface area contributed by atoms with E-state index >= 15 is 0 Å². The van der Waals surface area contributed by atoms with Gasteiger partial charge < -0.3 is 24.8 Å². The average Bonchev–Trinajstić information content (AvgIpc) is 3.36. The Balaban J connectivity index is 1.64. The first-order valence-corrected chi connectivity index (χ1v) is 12.5. The maximum atomic E-state index is 12.5. The zero-order valence-electron chi connectivity index (χ0n) is 19.2. The first kappa shape index (κ1) is 23.1. The van der Waals surface area contributed by atoms with E-state index in [-0.39, 0.29) is 6.79 Å². The van der Waals surface area contributed by atoms with Gasteiger partial charge in [0, 0.05) is 23.3 Å². The van der Waals surface area contributed by atoms with E-state index in [4.69, 9.17) is 21.1 Å². The van der Waals surface area contributed by atoms with Gasteiger partial charge in [-0.2, -0.15) is 0 Å². The van der Waals surface area contributed by atoms with Crippen molar-refractivity contribution in [1.29, 1.82) is 0 Å². The lowest BCUT2D eigenvalue weighted by atomic mass is 9.85. The van der Waals surface area contributed by atoms with E-state index in [1.807, 2.05) is 11.0 Å². The minimum atomic E-state index is -0.876. The number of nitrogens with one attached hydrogen (secondary N) is 1. The van der Waals surface area contributed by atoms with Crippen LogP contribution < -0.4 is 14.8 Å². The van der Waals surface area contributed by atoms with Crippen LogP contribution in [0, 0.1) is 5.92 Å². The Hall–Kier alpha value is -2.08. The number of carbonyl (C=O) groups is 1. The first-order valence-electron chi connectivity index (χ1n) is 12.1. The smallest absolute Gasteiger partial charge is 0.354 e. The Labute approximate surface area is 195 Å². The maximum absolute atomic E-state index is 12.5. The summed E-state index contributed by atoms with van der Waals surface area (Å²) in [4.78, 5) is 14.6. The van der Waals surface area contributed by atoms with Crippen molar-refractivity contribution in [2.75, 3.05) is 6.79 Å². The number of rotatable bonds is 9. The number of carboxylic acids is 1. The predicted octanol–water partition coefficient (Wildman–Crippen LogP) is 6.04. The van der Waals surface area contributed by atoms with E-state index in [9.17, 15) is 9.90 Å². The third kappa shape index (κ3) is 4.52. The molecule has 0 amide bonds. The second-order valence-corrected chi connectivity index (χ2v) is 9.73. The van der Waals surface area contributed by atoms with Gasteiger partial charge in [-0.15, -0.1) is 0 Å². The molecule has 6 nitrogen and oxygen atoms in total. The molecule has 0 saturated heterocycles. The summed E-state index contributed by atoms with van der Waals surface area (Å²) in [5.74, 6) is 1.12. The molecule has 0 spiro atoms. The Bertz CT molecular complexity index is 881. The summed E-state index contributed by atoms with van der Waals surface area (Å²) in [6.07, 6.45) is 10.9. The zero-order valence-corrected chi connectivity index (χ0v) is 20.0. The molecule has 32 heavy (non-hydrogen) atoms. The molecule has 1 atom stereocenters. The summed E-state index contributed by atoms with van der Waals surface area (Å²) in [5, 5.41) is 14.5. The van der Waals surface area contributed by atoms with Crippen LogP contribution >= 0.6 is 11.6 Å². The number of halogens is 1. The van der Waals surface area contributed by atoms with Crippen LogP contribution in [0.2, 0.25) is 5.02 Å². The number of aliphatic carboxylic acids is 1. The van der Waals surface area contributed by atoms with Crippen LogP contribution in [0.3, 0.4) is 0 Å². The average molecular weight is 463 g/mol. The summed E-state index contributed by atoms with van der Waals surface area (Å²) in [6.45, 7) is 4.86. The van der Waals surface area contributed by atoms with Gasteiger partial charge in [0.05, 0.1) is 0 Å². The number of allylic oxidation sites excluding steroid dienone is 1. The fraction of sp³-hybridized carbons (Fsp3) is 0.640. The predicted molar refractivity (Wildman–Crippen MR) is 125 cm³/mol. The van der Waals surface area contributed by atoms with Crippen molar-refractivity contribution in [3.63, 3.8) is 0 Å². The van der Waals surface area contributed by atoms with Gasteiger partial charge in [0.2, 0.25) is 6.79 Å². The van der Waals surface area contributed by atoms with Crippen LogP contribution in [0.5, 0.6) is 11.5 Å². The van der Waals surface area contributed by atoms with Gasteiger partial charge in [-0.25, -0.2) is 4.79 Å². The Kier molecular flexibility index (Phi) is 7.08. The monoisotopic (exact) mass is 462 g/mol. The molecular weight excluding hydrogens is 428 g/mol. The van der Waals surface area contributed by atoms with Gasteiger partial charge in [0.25, 0.3) is 0 Å². The molecule has 1 aromatic rings. The van der Waals surface area contributed by atoms with Gasteiger partial charge in [0.15, 0.2) is 11.5 Å². The number of ether oxygens (including phenoxy) is 2. The molecule has 4 rings (SSSR count). The van der Waals surface area contributed by atoms with Crippen LogP contribution in [0.4, 0.5) is 0 Å². The number of benzene rings is 1. The topological polar surface area (TPSA) is 71.0 Å². The summed E-state index contributed by atoms with van der Waals surface area (Å²) in [6, 6.07) is 3.65. The lowest BCUT2D eigenvalue weighted by Crippen LogP contribution is -2.52. The second kappa shape index (κ2) is 9.82. The quantitative estimate of drug-likeness (QED) is 0.466. The fourth-order valence-electron chi connectivity index (χ4n) is 5.58. The van der Waals surface area contributed by atoms with Crippen molar-refractivity contribution in [2.24, 2.45) is 5.92 Å². The number of hydrogen-bond acceptors (Lipinski definition) is 5. The molecule has 2 N–H and O–H groups in total. The van der Waals surface area contributed by atoms with E-state index < -0.39 is 11.6 Å². The molecule has 3 aliphatic rings. The van der Waals surface area contributed by atoms with Crippen LogP contribution in [0.1, 0.15) is 83.6 Å². The number of hydrogen-bond donors (Lipinski definition) is 2. The SMILES string of the molecule is CCCC1(CC)NC(CCC2CCCCC2)=C(C(=O)O)N1Cc1cc2c(cc1Cl)OCO2. The summed E-state index contributed by atoms with van der Waals surface area (Å²) < 4.78 is 11.0. The molecule has 1 aromatic carbocycles.